The van der Waals surface area contributed by atoms with Crippen molar-refractivity contribution in [3.05, 3.63) is 104 Å². The fourth-order valence-electron chi connectivity index (χ4n) is 15.3. The lowest BCUT2D eigenvalue weighted by Crippen LogP contribution is -2.33. The van der Waals surface area contributed by atoms with Crippen molar-refractivity contribution in [2.24, 2.45) is 44.7 Å². The Morgan fingerprint density at radius 3 is 0.989 bits per heavy atom. The van der Waals surface area contributed by atoms with Crippen molar-refractivity contribution in [3.8, 4) is 17.6 Å². The fraction of sp³-hybridized carbons (Fsp3) is 0.545. The largest absolute Gasteiger partial charge is 0.476 e. The Bertz CT molecular complexity index is 4070. The summed E-state index contributed by atoms with van der Waals surface area (Å²) in [6.07, 6.45) is 19.6. The van der Waals surface area contributed by atoms with E-state index in [9.17, 15) is 27.0 Å². The van der Waals surface area contributed by atoms with Gasteiger partial charge in [-0.05, 0) is 181 Å². The number of benzene rings is 3. The van der Waals surface area contributed by atoms with Gasteiger partial charge in [0.15, 0.2) is 29.7 Å². The number of hydrogen-bond acceptors (Lipinski definition) is 12. The second-order valence-corrected chi connectivity index (χ2v) is 34.6. The number of nitrogens with one attached hydrogen (secondary N) is 3. The molecule has 15 rings (SSSR count). The molecule has 9 aliphatic rings. The molecule has 3 aliphatic heterocycles. The Balaban J connectivity index is 0.000000127. The molecule has 0 saturated carbocycles. The SMILES string of the molecule is CC1CCc2cc3c(c(NC(=O)N=S(N)(=O)c4cnn5c4OCC(C)(C)C5)c21)CCC3.C[C@@H]1CCc2cc3c(c(NC(=O)N=S(N)(=O)c4cnn5c4OCC(C)(C)C5)c21)CCC3.C[C@H]1CCc2cc3c(c(NC(=O)N=S(N)(=O)c4cnn5c4OCC(C)(C)C5)c21)CCC3. The van der Waals surface area contributed by atoms with Crippen molar-refractivity contribution in [1.29, 1.82) is 0 Å². The predicted octanol–water partition coefficient (Wildman–Crippen LogP) is 11.3. The van der Waals surface area contributed by atoms with Gasteiger partial charge in [-0.1, -0.05) is 80.5 Å². The van der Waals surface area contributed by atoms with Crippen molar-refractivity contribution in [2.75, 3.05) is 35.8 Å². The zero-order chi connectivity index (χ0) is 65.9. The van der Waals surface area contributed by atoms with Crippen LogP contribution in [0.5, 0.6) is 17.6 Å². The zero-order valence-corrected chi connectivity index (χ0v) is 57.2. The topological polar surface area (TPSA) is 335 Å². The van der Waals surface area contributed by atoms with Crippen LogP contribution in [0.2, 0.25) is 0 Å². The van der Waals surface area contributed by atoms with Gasteiger partial charge in [0.25, 0.3) is 0 Å². The van der Waals surface area contributed by atoms with Gasteiger partial charge in [-0.2, -0.15) is 15.3 Å². The molecule has 0 spiro atoms. The van der Waals surface area contributed by atoms with Gasteiger partial charge >= 0.3 is 18.1 Å². The van der Waals surface area contributed by atoms with Crippen molar-refractivity contribution >= 4 is 64.9 Å². The molecule has 0 radical (unpaired) electrons. The summed E-state index contributed by atoms with van der Waals surface area (Å²) in [5.41, 5.74) is 17.3. The Morgan fingerprint density at radius 2 is 0.720 bits per heavy atom. The molecule has 93 heavy (non-hydrogen) atoms. The van der Waals surface area contributed by atoms with E-state index in [0.717, 1.165) is 113 Å². The van der Waals surface area contributed by atoms with Gasteiger partial charge in [-0.15, -0.1) is 13.1 Å². The van der Waals surface area contributed by atoms with E-state index in [1.54, 1.807) is 14.0 Å². The first kappa shape index (κ1) is 64.5. The third kappa shape index (κ3) is 12.6. The van der Waals surface area contributed by atoms with Crippen LogP contribution in [0.1, 0.15) is 185 Å². The van der Waals surface area contributed by atoms with E-state index in [-0.39, 0.29) is 30.9 Å². The molecular formula is C66H87N15O9S3. The molecule has 3 aromatic heterocycles. The minimum atomic E-state index is -3.50. The molecule has 498 valence electrons. The van der Waals surface area contributed by atoms with E-state index in [1.807, 2.05) is 0 Å². The van der Waals surface area contributed by atoms with Gasteiger partial charge in [0.2, 0.25) is 17.6 Å². The number of anilines is 3. The van der Waals surface area contributed by atoms with Gasteiger partial charge in [0, 0.05) is 33.3 Å². The first-order valence-corrected chi connectivity index (χ1v) is 37.3. The number of nitrogens with two attached hydrogens (primary N) is 3. The lowest BCUT2D eigenvalue weighted by molar-refractivity contribution is 0.0972. The number of aryl methyl sites for hydroxylation is 6. The molecule has 6 aromatic rings. The van der Waals surface area contributed by atoms with Crippen LogP contribution in [0.3, 0.4) is 0 Å². The summed E-state index contributed by atoms with van der Waals surface area (Å²) in [5, 5.41) is 39.8. The number of nitrogens with zero attached hydrogens (tertiary/aromatic N) is 9. The Hall–Kier alpha value is -7.17. The summed E-state index contributed by atoms with van der Waals surface area (Å²) in [5.74, 6) is 2.11. The number of rotatable bonds is 6. The van der Waals surface area contributed by atoms with Crippen LogP contribution >= 0.6 is 0 Å². The fourth-order valence-corrected chi connectivity index (χ4v) is 18.3. The molecule has 0 bridgehead atoms. The van der Waals surface area contributed by atoms with Gasteiger partial charge in [0.1, 0.15) is 14.7 Å². The molecule has 9 N–H and O–H groups in total. The summed E-state index contributed by atoms with van der Waals surface area (Å²) < 4.78 is 73.6. The normalized spacial score (nSPS) is 22.6. The van der Waals surface area contributed by atoms with Crippen LogP contribution in [0, 0.1) is 16.2 Å². The van der Waals surface area contributed by atoms with Crippen LogP contribution in [0.4, 0.5) is 31.4 Å². The second kappa shape index (κ2) is 23.9. The summed E-state index contributed by atoms with van der Waals surface area (Å²) in [6, 6.07) is 4.84. The van der Waals surface area contributed by atoms with Crippen LogP contribution in [-0.2, 0) is 107 Å². The lowest BCUT2D eigenvalue weighted by atomic mass is 9.94. The maximum absolute atomic E-state index is 13.2. The van der Waals surface area contributed by atoms with Crippen molar-refractivity contribution < 1.29 is 41.2 Å². The number of hydrogen-bond donors (Lipinski definition) is 6. The van der Waals surface area contributed by atoms with Gasteiger partial charge in [-0.3, -0.25) is 0 Å². The third-order valence-corrected chi connectivity index (χ3v) is 23.7. The van der Waals surface area contributed by atoms with E-state index in [4.69, 9.17) is 29.6 Å². The number of carbonyl (C=O) groups is 3. The van der Waals surface area contributed by atoms with Crippen LogP contribution in [0.25, 0.3) is 0 Å². The van der Waals surface area contributed by atoms with E-state index in [0.29, 0.717) is 74.8 Å². The van der Waals surface area contributed by atoms with Gasteiger partial charge < -0.3 is 30.2 Å². The Labute approximate surface area is 544 Å². The van der Waals surface area contributed by atoms with Crippen LogP contribution < -0.4 is 45.6 Å². The van der Waals surface area contributed by atoms with E-state index in [2.05, 4.69) is 125 Å². The molecule has 6 heterocycles. The van der Waals surface area contributed by atoms with Crippen molar-refractivity contribution in [3.63, 3.8) is 0 Å². The molecule has 0 saturated heterocycles. The molecule has 27 heteroatoms. The van der Waals surface area contributed by atoms with Crippen LogP contribution in [-0.4, -0.2) is 79.9 Å². The average molecular weight is 1330 g/mol. The van der Waals surface area contributed by atoms with E-state index < -0.39 is 47.8 Å². The zero-order valence-electron chi connectivity index (χ0n) is 54.7. The summed E-state index contributed by atoms with van der Waals surface area (Å²) in [6.45, 7) is 22.1. The molecule has 4 unspecified atom stereocenters. The summed E-state index contributed by atoms with van der Waals surface area (Å²) >= 11 is 0. The summed E-state index contributed by atoms with van der Waals surface area (Å²) in [7, 11) is -10.5. The highest BCUT2D eigenvalue weighted by atomic mass is 32.2. The lowest BCUT2D eigenvalue weighted by Gasteiger charge is -2.30. The van der Waals surface area contributed by atoms with E-state index in [1.165, 1.54) is 85.4 Å². The maximum Gasteiger partial charge on any atom is 0.354 e. The predicted molar refractivity (Wildman–Crippen MR) is 356 cm³/mol. The van der Waals surface area contributed by atoms with Crippen LogP contribution in [0.15, 0.2) is 64.6 Å². The first-order valence-electron chi connectivity index (χ1n) is 32.6. The smallest absolute Gasteiger partial charge is 0.354 e. The van der Waals surface area contributed by atoms with Gasteiger partial charge in [-0.25, -0.2) is 56.5 Å². The minimum absolute atomic E-state index is 0.0922. The average Bonchev–Trinajstić information content (AvgIpc) is 1.68. The second-order valence-electron chi connectivity index (χ2n) is 29.3. The molecule has 6 aliphatic carbocycles. The number of fused-ring (bicyclic) bond motifs is 9. The third-order valence-electron chi connectivity index (χ3n) is 19.7. The maximum atomic E-state index is 13.2. The van der Waals surface area contributed by atoms with Crippen molar-refractivity contribution in [2.45, 2.75) is 211 Å². The number of urea groups is 3. The quantitative estimate of drug-likeness (QED) is 0.0906. The van der Waals surface area contributed by atoms with Gasteiger partial charge in [0.05, 0.1) is 58.0 Å². The molecular weight excluding hydrogens is 1240 g/mol. The monoisotopic (exact) mass is 1330 g/mol. The minimum Gasteiger partial charge on any atom is -0.476 e. The number of carbonyl (C=O) groups excluding carboxylic acids is 3. The highest BCUT2D eigenvalue weighted by Gasteiger charge is 2.38. The standard InChI is InChI=1S/3C22H29N5O3S/c3*1-13-7-8-15-9-14-5-4-6-16(14)19(18(13)15)25-21(28)26-31(23,29)17-10-24-27-11-22(2,3)12-30-20(17)27/h3*9-10,13H,4-8,11-12H2,1-3H3,(H3,23,25,26,28,29)/t2*13-,31?;/m10./s1. The molecule has 24 nitrogen and oxygen atoms in total. The highest BCUT2D eigenvalue weighted by molar-refractivity contribution is 7.92. The highest BCUT2D eigenvalue weighted by Crippen LogP contribution is 2.48. The molecule has 0 fully saturated rings. The number of ether oxygens (including phenoxy) is 3. The summed E-state index contributed by atoms with van der Waals surface area (Å²) in [4.78, 5) is 39.2. The Kier molecular flexibility index (Phi) is 16.6. The molecule has 3 aromatic carbocycles. The van der Waals surface area contributed by atoms with Crippen molar-refractivity contribution in [1.82, 2.24) is 29.3 Å². The number of amides is 6. The number of aromatic nitrogens is 6. The molecule has 6 atom stereocenters. The van der Waals surface area contributed by atoms with E-state index >= 15 is 0 Å². The Morgan fingerprint density at radius 1 is 0.452 bits per heavy atom. The molecule has 6 amide bonds. The first-order chi connectivity index (χ1) is 43.9.